The van der Waals surface area contributed by atoms with Gasteiger partial charge in [-0.2, -0.15) is 10.1 Å². The number of likely N-dealkylation sites (tertiary alicyclic amines) is 1. The summed E-state index contributed by atoms with van der Waals surface area (Å²) in [6.07, 6.45) is 11.4. The second kappa shape index (κ2) is 6.12. The number of anilines is 1. The van der Waals surface area contributed by atoms with E-state index in [-0.39, 0.29) is 0 Å². The van der Waals surface area contributed by atoms with E-state index in [0.29, 0.717) is 24.2 Å². The Labute approximate surface area is 148 Å². The largest absolute Gasteiger partial charge is 0.324 e. The van der Waals surface area contributed by atoms with E-state index in [2.05, 4.69) is 35.9 Å². The SMILES string of the molecule is Cc1noc(N2C3CCC2CC(N2CCC(n4cccn4)CC2)C3)n1. The van der Waals surface area contributed by atoms with E-state index in [1.165, 1.54) is 51.6 Å². The number of fused-ring (bicyclic) bond motifs is 2. The summed E-state index contributed by atoms with van der Waals surface area (Å²) in [5.74, 6) is 0.734. The lowest BCUT2D eigenvalue weighted by molar-refractivity contribution is 0.102. The van der Waals surface area contributed by atoms with Crippen LogP contribution in [0.5, 0.6) is 0 Å². The van der Waals surface area contributed by atoms with Gasteiger partial charge in [-0.25, -0.2) is 0 Å². The first kappa shape index (κ1) is 15.4. The second-order valence-corrected chi connectivity index (χ2v) is 7.79. The number of nitrogens with zero attached hydrogens (tertiary/aromatic N) is 6. The van der Waals surface area contributed by atoms with E-state index in [4.69, 9.17) is 4.52 Å². The topological polar surface area (TPSA) is 63.2 Å². The molecule has 25 heavy (non-hydrogen) atoms. The van der Waals surface area contributed by atoms with Gasteiger partial charge in [0.1, 0.15) is 0 Å². The third-order valence-electron chi connectivity index (χ3n) is 6.36. The molecule has 0 spiro atoms. The molecule has 134 valence electrons. The van der Waals surface area contributed by atoms with Gasteiger partial charge in [-0.15, -0.1) is 0 Å². The highest BCUT2D eigenvalue weighted by molar-refractivity contribution is 5.34. The van der Waals surface area contributed by atoms with E-state index in [1.54, 1.807) is 0 Å². The van der Waals surface area contributed by atoms with Crippen molar-refractivity contribution in [3.63, 3.8) is 0 Å². The first-order valence-corrected chi connectivity index (χ1v) is 9.60. The summed E-state index contributed by atoms with van der Waals surface area (Å²) < 4.78 is 7.60. The maximum absolute atomic E-state index is 5.46. The lowest BCUT2D eigenvalue weighted by atomic mass is 9.93. The number of piperidine rings is 2. The molecule has 7 heteroatoms. The average molecular weight is 342 g/mol. The standard InChI is InChI=1S/C18H26N6O/c1-13-20-18(25-21-13)24-15-3-4-16(24)12-17(11-15)22-9-5-14(6-10-22)23-8-2-7-19-23/h2,7-8,14-17H,3-6,9-12H2,1H3. The van der Waals surface area contributed by atoms with Crippen LogP contribution in [-0.2, 0) is 0 Å². The minimum atomic E-state index is 0.562. The van der Waals surface area contributed by atoms with Crippen LogP contribution in [0.4, 0.5) is 6.01 Å². The Morgan fingerprint density at radius 3 is 2.36 bits per heavy atom. The van der Waals surface area contributed by atoms with Crippen LogP contribution in [0.25, 0.3) is 0 Å². The van der Waals surface area contributed by atoms with Gasteiger partial charge in [-0.1, -0.05) is 5.16 Å². The van der Waals surface area contributed by atoms with Crippen molar-refractivity contribution < 1.29 is 4.52 Å². The molecule has 2 aromatic heterocycles. The van der Waals surface area contributed by atoms with E-state index < -0.39 is 0 Å². The molecule has 0 aliphatic carbocycles. The highest BCUT2D eigenvalue weighted by Gasteiger charge is 2.44. The minimum absolute atomic E-state index is 0.562. The van der Waals surface area contributed by atoms with Crippen LogP contribution in [0.1, 0.15) is 50.4 Å². The Morgan fingerprint density at radius 2 is 1.76 bits per heavy atom. The first-order valence-electron chi connectivity index (χ1n) is 9.60. The van der Waals surface area contributed by atoms with E-state index in [1.807, 2.05) is 19.2 Å². The fourth-order valence-electron chi connectivity index (χ4n) is 5.16. The Balaban J connectivity index is 1.23. The minimum Gasteiger partial charge on any atom is -0.318 e. The highest BCUT2D eigenvalue weighted by Crippen LogP contribution is 2.41. The lowest BCUT2D eigenvalue weighted by Gasteiger charge is -2.44. The van der Waals surface area contributed by atoms with E-state index >= 15 is 0 Å². The maximum atomic E-state index is 5.46. The van der Waals surface area contributed by atoms with Gasteiger partial charge in [0.2, 0.25) is 0 Å². The van der Waals surface area contributed by atoms with Crippen molar-refractivity contribution >= 4 is 6.01 Å². The molecular weight excluding hydrogens is 316 g/mol. The summed E-state index contributed by atoms with van der Waals surface area (Å²) in [7, 11) is 0. The zero-order valence-corrected chi connectivity index (χ0v) is 14.8. The molecule has 0 amide bonds. The van der Waals surface area contributed by atoms with Crippen LogP contribution in [0, 0.1) is 6.92 Å². The molecule has 0 radical (unpaired) electrons. The predicted octanol–water partition coefficient (Wildman–Crippen LogP) is 2.41. The summed E-state index contributed by atoms with van der Waals surface area (Å²) >= 11 is 0. The smallest absolute Gasteiger partial charge is 0.318 e. The van der Waals surface area contributed by atoms with Crippen LogP contribution >= 0.6 is 0 Å². The van der Waals surface area contributed by atoms with Crippen molar-refractivity contribution in [3.05, 3.63) is 24.3 Å². The first-order chi connectivity index (χ1) is 12.3. The number of rotatable bonds is 3. The highest BCUT2D eigenvalue weighted by atomic mass is 16.5. The zero-order chi connectivity index (χ0) is 16.8. The van der Waals surface area contributed by atoms with Crippen LogP contribution in [0.2, 0.25) is 0 Å². The molecule has 2 atom stereocenters. The molecule has 3 saturated heterocycles. The van der Waals surface area contributed by atoms with Gasteiger partial charge in [0.05, 0.1) is 6.04 Å². The van der Waals surface area contributed by atoms with Crippen molar-refractivity contribution in [3.8, 4) is 0 Å². The maximum Gasteiger partial charge on any atom is 0.324 e. The molecule has 2 aromatic rings. The lowest BCUT2D eigenvalue weighted by Crippen LogP contribution is -2.52. The summed E-state index contributed by atoms with van der Waals surface area (Å²) in [5.41, 5.74) is 0. The molecule has 3 aliphatic heterocycles. The van der Waals surface area contributed by atoms with Gasteiger partial charge in [0, 0.05) is 43.6 Å². The molecule has 3 aliphatic rings. The van der Waals surface area contributed by atoms with Crippen molar-refractivity contribution in [2.45, 2.75) is 69.6 Å². The van der Waals surface area contributed by atoms with Crippen molar-refractivity contribution in [1.29, 1.82) is 0 Å². The number of aromatic nitrogens is 4. The third-order valence-corrected chi connectivity index (χ3v) is 6.36. The summed E-state index contributed by atoms with van der Waals surface area (Å²) in [6, 6.07) is 5.17. The van der Waals surface area contributed by atoms with E-state index in [0.717, 1.165) is 11.8 Å². The van der Waals surface area contributed by atoms with Gasteiger partial charge < -0.3 is 14.3 Å². The fourth-order valence-corrected chi connectivity index (χ4v) is 5.16. The Hall–Kier alpha value is -1.89. The molecule has 0 saturated carbocycles. The normalized spacial score (nSPS) is 30.9. The van der Waals surface area contributed by atoms with Crippen molar-refractivity contribution in [1.82, 2.24) is 24.8 Å². The third kappa shape index (κ3) is 2.74. The number of aryl methyl sites for hydroxylation is 1. The molecule has 2 unspecified atom stereocenters. The van der Waals surface area contributed by atoms with Crippen molar-refractivity contribution in [2.75, 3.05) is 18.0 Å². The zero-order valence-electron chi connectivity index (χ0n) is 14.8. The van der Waals surface area contributed by atoms with Crippen molar-refractivity contribution in [2.24, 2.45) is 0 Å². The monoisotopic (exact) mass is 342 g/mol. The Morgan fingerprint density at radius 1 is 1.00 bits per heavy atom. The quantitative estimate of drug-likeness (QED) is 0.853. The second-order valence-electron chi connectivity index (χ2n) is 7.79. The van der Waals surface area contributed by atoms with Gasteiger partial charge in [-0.05, 0) is 51.5 Å². The molecule has 3 fully saturated rings. The van der Waals surface area contributed by atoms with Crippen LogP contribution < -0.4 is 4.90 Å². The van der Waals surface area contributed by atoms with Crippen LogP contribution in [-0.4, -0.2) is 56.0 Å². The average Bonchev–Trinajstić information content (AvgIpc) is 3.35. The molecule has 0 aromatic carbocycles. The Kier molecular flexibility index (Phi) is 3.77. The molecular formula is C18H26N6O. The summed E-state index contributed by atoms with van der Waals surface area (Å²) in [4.78, 5) is 9.61. The van der Waals surface area contributed by atoms with Gasteiger partial charge in [0.15, 0.2) is 5.82 Å². The van der Waals surface area contributed by atoms with Crippen LogP contribution in [0.15, 0.2) is 23.0 Å². The van der Waals surface area contributed by atoms with Gasteiger partial charge >= 0.3 is 6.01 Å². The van der Waals surface area contributed by atoms with E-state index in [9.17, 15) is 0 Å². The number of hydrogen-bond donors (Lipinski definition) is 0. The van der Waals surface area contributed by atoms with Gasteiger partial charge in [-0.3, -0.25) is 4.68 Å². The fraction of sp³-hybridized carbons (Fsp3) is 0.722. The van der Waals surface area contributed by atoms with Gasteiger partial charge in [0.25, 0.3) is 0 Å². The number of hydrogen-bond acceptors (Lipinski definition) is 6. The molecule has 5 heterocycles. The van der Waals surface area contributed by atoms with Crippen LogP contribution in [0.3, 0.4) is 0 Å². The Bertz CT molecular complexity index is 691. The summed E-state index contributed by atoms with van der Waals surface area (Å²) in [5, 5.41) is 8.41. The summed E-state index contributed by atoms with van der Waals surface area (Å²) in [6.45, 7) is 4.27. The molecule has 0 N–H and O–H groups in total. The molecule has 5 rings (SSSR count). The predicted molar refractivity (Wildman–Crippen MR) is 93.4 cm³/mol. The molecule has 7 nitrogen and oxygen atoms in total. The molecule has 2 bridgehead atoms.